The molecule has 0 fully saturated rings. The van der Waals surface area contributed by atoms with Gasteiger partial charge in [0, 0.05) is 18.5 Å². The van der Waals surface area contributed by atoms with Crippen LogP contribution >= 0.6 is 0 Å². The highest BCUT2D eigenvalue weighted by atomic mass is 16.2. The Balaban J connectivity index is 1.79. The molecule has 1 aromatic carbocycles. The van der Waals surface area contributed by atoms with Crippen molar-refractivity contribution in [3.05, 3.63) is 72.1 Å². The van der Waals surface area contributed by atoms with Gasteiger partial charge in [-0.15, -0.1) is 0 Å². The SMILES string of the molecule is CC(NC(=O)/C=C/c1ccccc1)C(=O)NNC(=O)c1cccnc1. The Morgan fingerprint density at radius 1 is 1.04 bits per heavy atom. The normalized spacial score (nSPS) is 11.6. The summed E-state index contributed by atoms with van der Waals surface area (Å²) in [5.41, 5.74) is 5.70. The summed E-state index contributed by atoms with van der Waals surface area (Å²) in [6, 6.07) is 11.7. The number of carbonyl (C=O) groups is 3. The van der Waals surface area contributed by atoms with E-state index < -0.39 is 23.8 Å². The summed E-state index contributed by atoms with van der Waals surface area (Å²) >= 11 is 0. The largest absolute Gasteiger partial charge is 0.341 e. The second-order valence-corrected chi connectivity index (χ2v) is 5.16. The van der Waals surface area contributed by atoms with E-state index in [9.17, 15) is 14.4 Å². The Morgan fingerprint density at radius 2 is 1.80 bits per heavy atom. The highest BCUT2D eigenvalue weighted by Crippen LogP contribution is 2.00. The van der Waals surface area contributed by atoms with Gasteiger partial charge in [0.1, 0.15) is 6.04 Å². The molecule has 2 rings (SSSR count). The van der Waals surface area contributed by atoms with Gasteiger partial charge in [-0.3, -0.25) is 30.2 Å². The second kappa shape index (κ2) is 8.97. The van der Waals surface area contributed by atoms with E-state index in [4.69, 9.17) is 0 Å². The Kier molecular flexibility index (Phi) is 6.41. The fourth-order valence-corrected chi connectivity index (χ4v) is 1.86. The Bertz CT molecular complexity index is 760. The van der Waals surface area contributed by atoms with Crippen LogP contribution in [0.25, 0.3) is 6.08 Å². The number of amides is 3. The lowest BCUT2D eigenvalue weighted by atomic mass is 10.2. The van der Waals surface area contributed by atoms with Crippen molar-refractivity contribution in [1.82, 2.24) is 21.2 Å². The van der Waals surface area contributed by atoms with Crippen LogP contribution in [0.5, 0.6) is 0 Å². The summed E-state index contributed by atoms with van der Waals surface area (Å²) in [5, 5.41) is 2.51. The van der Waals surface area contributed by atoms with Crippen molar-refractivity contribution >= 4 is 23.8 Å². The second-order valence-electron chi connectivity index (χ2n) is 5.16. The first-order chi connectivity index (χ1) is 12.1. The fraction of sp³-hybridized carbons (Fsp3) is 0.111. The predicted molar refractivity (Wildman–Crippen MR) is 92.9 cm³/mol. The van der Waals surface area contributed by atoms with Crippen LogP contribution in [0.4, 0.5) is 0 Å². The van der Waals surface area contributed by atoms with Crippen molar-refractivity contribution in [2.24, 2.45) is 0 Å². The number of carbonyl (C=O) groups excluding carboxylic acids is 3. The molecule has 1 heterocycles. The van der Waals surface area contributed by atoms with Crippen molar-refractivity contribution in [2.45, 2.75) is 13.0 Å². The third-order valence-corrected chi connectivity index (χ3v) is 3.20. The van der Waals surface area contributed by atoms with Gasteiger partial charge < -0.3 is 5.32 Å². The number of hydrazine groups is 1. The molecule has 0 aliphatic heterocycles. The van der Waals surface area contributed by atoms with E-state index in [1.165, 1.54) is 25.4 Å². The molecule has 1 aromatic heterocycles. The van der Waals surface area contributed by atoms with E-state index in [1.807, 2.05) is 30.3 Å². The van der Waals surface area contributed by atoms with Crippen molar-refractivity contribution < 1.29 is 14.4 Å². The van der Waals surface area contributed by atoms with Crippen LogP contribution in [-0.2, 0) is 9.59 Å². The number of rotatable bonds is 5. The van der Waals surface area contributed by atoms with Gasteiger partial charge >= 0.3 is 0 Å². The van der Waals surface area contributed by atoms with Crippen LogP contribution in [0.1, 0.15) is 22.8 Å². The average Bonchev–Trinajstić information content (AvgIpc) is 2.65. The molecule has 0 spiro atoms. The summed E-state index contributed by atoms with van der Waals surface area (Å²) in [6.45, 7) is 1.51. The van der Waals surface area contributed by atoms with Gasteiger partial charge in [-0.25, -0.2) is 0 Å². The van der Waals surface area contributed by atoms with Crippen LogP contribution in [-0.4, -0.2) is 28.7 Å². The monoisotopic (exact) mass is 338 g/mol. The first-order valence-electron chi connectivity index (χ1n) is 7.60. The van der Waals surface area contributed by atoms with Crippen LogP contribution < -0.4 is 16.2 Å². The van der Waals surface area contributed by atoms with Gasteiger partial charge in [-0.1, -0.05) is 30.3 Å². The number of aromatic nitrogens is 1. The smallest absolute Gasteiger partial charge is 0.271 e. The third-order valence-electron chi connectivity index (χ3n) is 3.20. The molecule has 0 saturated heterocycles. The standard InChI is InChI=1S/C18H18N4O3/c1-13(20-16(23)10-9-14-6-3-2-4-7-14)17(24)21-22-18(25)15-8-5-11-19-12-15/h2-13H,1H3,(H,20,23)(H,21,24)(H,22,25)/b10-9+. The van der Waals surface area contributed by atoms with E-state index in [0.717, 1.165) is 5.56 Å². The minimum absolute atomic E-state index is 0.310. The molecule has 2 aromatic rings. The van der Waals surface area contributed by atoms with Crippen molar-refractivity contribution in [3.63, 3.8) is 0 Å². The molecular weight excluding hydrogens is 320 g/mol. The topological polar surface area (TPSA) is 100 Å². The number of nitrogens with one attached hydrogen (secondary N) is 3. The van der Waals surface area contributed by atoms with Crippen LogP contribution in [0.15, 0.2) is 60.9 Å². The molecule has 7 nitrogen and oxygen atoms in total. The first kappa shape index (κ1) is 17.9. The molecule has 1 unspecified atom stereocenters. The molecular formula is C18H18N4O3. The summed E-state index contributed by atoms with van der Waals surface area (Å²) in [5.74, 6) is -1.45. The number of hydrogen-bond donors (Lipinski definition) is 3. The van der Waals surface area contributed by atoms with Crippen LogP contribution in [0.3, 0.4) is 0 Å². The van der Waals surface area contributed by atoms with Gasteiger partial charge in [0.05, 0.1) is 5.56 Å². The molecule has 0 saturated carbocycles. The quantitative estimate of drug-likeness (QED) is 0.560. The Labute approximate surface area is 145 Å². The van der Waals surface area contributed by atoms with E-state index in [0.29, 0.717) is 5.56 Å². The lowest BCUT2D eigenvalue weighted by Crippen LogP contribution is -2.50. The molecule has 128 valence electrons. The number of pyridine rings is 1. The number of hydrogen-bond acceptors (Lipinski definition) is 4. The summed E-state index contributed by atoms with van der Waals surface area (Å²) in [7, 11) is 0. The van der Waals surface area contributed by atoms with Crippen molar-refractivity contribution in [3.8, 4) is 0 Å². The van der Waals surface area contributed by atoms with Gasteiger partial charge in [0.2, 0.25) is 5.91 Å². The minimum atomic E-state index is -0.817. The molecule has 0 aliphatic rings. The predicted octanol–water partition coefficient (Wildman–Crippen LogP) is 1.06. The van der Waals surface area contributed by atoms with E-state index in [1.54, 1.807) is 18.2 Å². The van der Waals surface area contributed by atoms with Gasteiger partial charge in [-0.2, -0.15) is 0 Å². The van der Waals surface area contributed by atoms with Crippen LogP contribution in [0.2, 0.25) is 0 Å². The van der Waals surface area contributed by atoms with Crippen molar-refractivity contribution in [2.75, 3.05) is 0 Å². The molecule has 7 heteroatoms. The van der Waals surface area contributed by atoms with Crippen LogP contribution in [0, 0.1) is 0 Å². The molecule has 0 bridgehead atoms. The molecule has 1 atom stereocenters. The zero-order valence-electron chi connectivity index (χ0n) is 13.6. The maximum Gasteiger partial charge on any atom is 0.271 e. The first-order valence-corrected chi connectivity index (χ1v) is 7.60. The summed E-state index contributed by atoms with van der Waals surface area (Å²) < 4.78 is 0. The molecule has 0 aliphatic carbocycles. The van der Waals surface area contributed by atoms with E-state index in [2.05, 4.69) is 21.2 Å². The number of nitrogens with zero attached hydrogens (tertiary/aromatic N) is 1. The highest BCUT2D eigenvalue weighted by Gasteiger charge is 2.15. The molecule has 25 heavy (non-hydrogen) atoms. The fourth-order valence-electron chi connectivity index (χ4n) is 1.86. The van der Waals surface area contributed by atoms with Gasteiger partial charge in [-0.05, 0) is 30.7 Å². The summed E-state index contributed by atoms with van der Waals surface area (Å²) in [4.78, 5) is 39.3. The van der Waals surface area contributed by atoms with Gasteiger partial charge in [0.25, 0.3) is 11.8 Å². The Hall–Kier alpha value is -3.48. The zero-order chi connectivity index (χ0) is 18.1. The minimum Gasteiger partial charge on any atom is -0.341 e. The maximum absolute atomic E-state index is 11.9. The van der Waals surface area contributed by atoms with Gasteiger partial charge in [0.15, 0.2) is 0 Å². The van der Waals surface area contributed by atoms with E-state index >= 15 is 0 Å². The lowest BCUT2D eigenvalue weighted by Gasteiger charge is -2.13. The average molecular weight is 338 g/mol. The maximum atomic E-state index is 11.9. The molecule has 3 N–H and O–H groups in total. The number of benzene rings is 1. The van der Waals surface area contributed by atoms with E-state index in [-0.39, 0.29) is 0 Å². The molecule has 3 amide bonds. The highest BCUT2D eigenvalue weighted by molar-refractivity contribution is 5.97. The zero-order valence-corrected chi connectivity index (χ0v) is 13.6. The third kappa shape index (κ3) is 5.91. The lowest BCUT2D eigenvalue weighted by molar-refractivity contribution is -0.127. The Morgan fingerprint density at radius 3 is 2.48 bits per heavy atom. The summed E-state index contributed by atoms with van der Waals surface area (Å²) in [6.07, 6.45) is 5.90. The van der Waals surface area contributed by atoms with Crippen molar-refractivity contribution in [1.29, 1.82) is 0 Å². The molecule has 0 radical (unpaired) electrons.